The van der Waals surface area contributed by atoms with E-state index in [4.69, 9.17) is 4.74 Å². The Hall–Kier alpha value is -1.20. The Morgan fingerprint density at radius 2 is 2.06 bits per heavy atom. The first kappa shape index (κ1) is 13.2. The van der Waals surface area contributed by atoms with E-state index >= 15 is 0 Å². The van der Waals surface area contributed by atoms with E-state index in [-0.39, 0.29) is 0 Å². The summed E-state index contributed by atoms with van der Waals surface area (Å²) in [4.78, 5) is 15.0. The molecule has 0 saturated carbocycles. The van der Waals surface area contributed by atoms with E-state index in [1.54, 1.807) is 24.4 Å². The van der Waals surface area contributed by atoms with Gasteiger partial charge in [0.25, 0.3) is 0 Å². The minimum Gasteiger partial charge on any atom is -0.487 e. The average Bonchev–Trinajstić information content (AvgIpc) is 2.39. The van der Waals surface area contributed by atoms with Crippen molar-refractivity contribution >= 4 is 38.1 Å². The largest absolute Gasteiger partial charge is 0.487 e. The number of aromatic nitrogens is 1. The number of hydrogen-bond acceptors (Lipinski definition) is 3. The monoisotopic (exact) mass is 369 g/mol. The molecule has 0 fully saturated rings. The Bertz CT molecular complexity index is 555. The summed E-state index contributed by atoms with van der Waals surface area (Å²) >= 11 is 6.61. The second-order valence-electron chi connectivity index (χ2n) is 3.56. The minimum absolute atomic E-state index is 0.368. The number of benzene rings is 1. The standard InChI is InChI=1S/C13H9Br2NO2/c14-10-1-2-11(16-6-10)8-18-12-3-4-13(15)9(5-12)7-17/h1-7H,8H2. The number of pyridine rings is 1. The third kappa shape index (κ3) is 3.40. The zero-order valence-electron chi connectivity index (χ0n) is 9.27. The lowest BCUT2D eigenvalue weighted by Gasteiger charge is -2.07. The molecule has 1 aromatic heterocycles. The van der Waals surface area contributed by atoms with Gasteiger partial charge in [0.05, 0.1) is 5.69 Å². The first-order valence-electron chi connectivity index (χ1n) is 5.17. The van der Waals surface area contributed by atoms with Crippen LogP contribution < -0.4 is 4.74 Å². The van der Waals surface area contributed by atoms with Crippen molar-refractivity contribution in [2.45, 2.75) is 6.61 Å². The maximum Gasteiger partial charge on any atom is 0.151 e. The molecule has 0 aliphatic heterocycles. The normalized spacial score (nSPS) is 10.1. The minimum atomic E-state index is 0.368. The Labute approximate surface area is 121 Å². The van der Waals surface area contributed by atoms with Crippen molar-refractivity contribution in [2.75, 3.05) is 0 Å². The molecule has 0 spiro atoms. The van der Waals surface area contributed by atoms with Crippen LogP contribution in [0.5, 0.6) is 5.75 Å². The molecular formula is C13H9Br2NO2. The molecule has 1 aromatic carbocycles. The molecule has 0 saturated heterocycles. The number of nitrogens with zero attached hydrogens (tertiary/aromatic N) is 1. The zero-order chi connectivity index (χ0) is 13.0. The Kier molecular flexibility index (Phi) is 4.49. The van der Waals surface area contributed by atoms with Crippen LogP contribution in [0.15, 0.2) is 45.5 Å². The fraction of sp³-hybridized carbons (Fsp3) is 0.0769. The van der Waals surface area contributed by atoms with Gasteiger partial charge in [0.2, 0.25) is 0 Å². The number of halogens is 2. The average molecular weight is 371 g/mol. The number of hydrogen-bond donors (Lipinski definition) is 0. The van der Waals surface area contributed by atoms with Crippen molar-refractivity contribution < 1.29 is 9.53 Å². The molecule has 2 aromatic rings. The van der Waals surface area contributed by atoms with Gasteiger partial charge in [-0.05, 0) is 46.3 Å². The Morgan fingerprint density at radius 3 is 2.72 bits per heavy atom. The van der Waals surface area contributed by atoms with Crippen molar-refractivity contribution in [2.24, 2.45) is 0 Å². The van der Waals surface area contributed by atoms with E-state index in [9.17, 15) is 4.79 Å². The topological polar surface area (TPSA) is 39.2 Å². The molecule has 0 amide bonds. The summed E-state index contributed by atoms with van der Waals surface area (Å²) in [7, 11) is 0. The van der Waals surface area contributed by atoms with Crippen molar-refractivity contribution in [3.05, 3.63) is 56.7 Å². The van der Waals surface area contributed by atoms with E-state index in [1.807, 2.05) is 12.1 Å². The molecule has 1 heterocycles. The Balaban J connectivity index is 2.06. The van der Waals surface area contributed by atoms with Gasteiger partial charge in [0.1, 0.15) is 12.4 Å². The van der Waals surface area contributed by atoms with Crippen LogP contribution in [0, 0.1) is 0 Å². The maximum atomic E-state index is 10.8. The number of carbonyl (C=O) groups is 1. The van der Waals surface area contributed by atoms with Crippen LogP contribution in [0.4, 0.5) is 0 Å². The summed E-state index contributed by atoms with van der Waals surface area (Å²) in [6.07, 6.45) is 2.51. The van der Waals surface area contributed by atoms with Gasteiger partial charge in [0.15, 0.2) is 6.29 Å². The molecular weight excluding hydrogens is 362 g/mol. The molecule has 0 bridgehead atoms. The third-order valence-corrected chi connectivity index (χ3v) is 3.46. The summed E-state index contributed by atoms with van der Waals surface area (Å²) in [5, 5.41) is 0. The van der Waals surface area contributed by atoms with Gasteiger partial charge in [0, 0.05) is 20.7 Å². The molecule has 0 N–H and O–H groups in total. The molecule has 0 radical (unpaired) electrons. The van der Waals surface area contributed by atoms with Crippen molar-refractivity contribution in [1.82, 2.24) is 4.98 Å². The first-order valence-corrected chi connectivity index (χ1v) is 6.75. The van der Waals surface area contributed by atoms with Crippen LogP contribution in [-0.2, 0) is 6.61 Å². The van der Waals surface area contributed by atoms with Crippen molar-refractivity contribution in [1.29, 1.82) is 0 Å². The lowest BCUT2D eigenvalue weighted by molar-refractivity contribution is 0.112. The lowest BCUT2D eigenvalue weighted by atomic mass is 10.2. The van der Waals surface area contributed by atoms with Gasteiger partial charge in [-0.1, -0.05) is 15.9 Å². The van der Waals surface area contributed by atoms with Gasteiger partial charge in [-0.3, -0.25) is 9.78 Å². The molecule has 3 nitrogen and oxygen atoms in total. The highest BCUT2D eigenvalue weighted by molar-refractivity contribution is 9.10. The summed E-state index contributed by atoms with van der Waals surface area (Å²) in [5.41, 5.74) is 1.39. The van der Waals surface area contributed by atoms with Crippen LogP contribution in [-0.4, -0.2) is 11.3 Å². The van der Waals surface area contributed by atoms with Gasteiger partial charge in [-0.15, -0.1) is 0 Å². The number of rotatable bonds is 4. The predicted molar refractivity (Wildman–Crippen MR) is 75.8 cm³/mol. The SMILES string of the molecule is O=Cc1cc(OCc2ccc(Br)cn2)ccc1Br. The molecule has 0 unspecified atom stereocenters. The van der Waals surface area contributed by atoms with E-state index in [2.05, 4.69) is 36.8 Å². The van der Waals surface area contributed by atoms with Crippen LogP contribution in [0.25, 0.3) is 0 Å². The highest BCUT2D eigenvalue weighted by Gasteiger charge is 2.02. The second kappa shape index (κ2) is 6.11. The summed E-state index contributed by atoms with van der Waals surface area (Å²) in [6.45, 7) is 0.368. The van der Waals surface area contributed by atoms with E-state index in [0.29, 0.717) is 17.9 Å². The summed E-state index contributed by atoms with van der Waals surface area (Å²) < 4.78 is 7.26. The Morgan fingerprint density at radius 1 is 1.22 bits per heavy atom. The third-order valence-electron chi connectivity index (χ3n) is 2.27. The van der Waals surface area contributed by atoms with Crippen molar-refractivity contribution in [3.63, 3.8) is 0 Å². The molecule has 0 atom stereocenters. The zero-order valence-corrected chi connectivity index (χ0v) is 12.4. The summed E-state index contributed by atoms with van der Waals surface area (Å²) in [5.74, 6) is 0.644. The molecule has 5 heteroatoms. The fourth-order valence-corrected chi connectivity index (χ4v) is 1.93. The molecule has 2 rings (SSSR count). The predicted octanol–water partition coefficient (Wildman–Crippen LogP) is 4.00. The first-order chi connectivity index (χ1) is 8.69. The molecule has 0 aliphatic carbocycles. The molecule has 92 valence electrons. The van der Waals surface area contributed by atoms with Crippen molar-refractivity contribution in [3.8, 4) is 5.75 Å². The maximum absolute atomic E-state index is 10.8. The van der Waals surface area contributed by atoms with E-state index in [0.717, 1.165) is 20.9 Å². The molecule has 18 heavy (non-hydrogen) atoms. The second-order valence-corrected chi connectivity index (χ2v) is 5.33. The highest BCUT2D eigenvalue weighted by atomic mass is 79.9. The van der Waals surface area contributed by atoms with Crippen LogP contribution in [0.2, 0.25) is 0 Å². The smallest absolute Gasteiger partial charge is 0.151 e. The van der Waals surface area contributed by atoms with Gasteiger partial charge >= 0.3 is 0 Å². The van der Waals surface area contributed by atoms with E-state index < -0.39 is 0 Å². The number of carbonyl (C=O) groups excluding carboxylic acids is 1. The molecule has 0 aliphatic rings. The summed E-state index contributed by atoms with van der Waals surface area (Å²) in [6, 6.07) is 9.06. The highest BCUT2D eigenvalue weighted by Crippen LogP contribution is 2.21. The van der Waals surface area contributed by atoms with Gasteiger partial charge < -0.3 is 4.74 Å². The van der Waals surface area contributed by atoms with Gasteiger partial charge in [-0.25, -0.2) is 0 Å². The fourth-order valence-electron chi connectivity index (χ4n) is 1.35. The number of aldehydes is 1. The lowest BCUT2D eigenvalue weighted by Crippen LogP contribution is -1.98. The van der Waals surface area contributed by atoms with Gasteiger partial charge in [-0.2, -0.15) is 0 Å². The van der Waals surface area contributed by atoms with Crippen LogP contribution in [0.3, 0.4) is 0 Å². The quantitative estimate of drug-likeness (QED) is 0.763. The van der Waals surface area contributed by atoms with E-state index in [1.165, 1.54) is 0 Å². The van der Waals surface area contributed by atoms with Crippen LogP contribution in [0.1, 0.15) is 16.1 Å². The van der Waals surface area contributed by atoms with Crippen LogP contribution >= 0.6 is 31.9 Å². The number of ether oxygens (including phenoxy) is 1.